The topological polar surface area (TPSA) is 37.3 Å². The van der Waals surface area contributed by atoms with Crippen molar-refractivity contribution in [3.63, 3.8) is 0 Å². The lowest BCUT2D eigenvalue weighted by Gasteiger charge is -2.33. The summed E-state index contributed by atoms with van der Waals surface area (Å²) >= 11 is 4.99. The lowest BCUT2D eigenvalue weighted by atomic mass is 9.72. The summed E-state index contributed by atoms with van der Waals surface area (Å²) in [7, 11) is 0. The van der Waals surface area contributed by atoms with Crippen LogP contribution in [0.2, 0.25) is 0 Å². The third kappa shape index (κ3) is 2.43. The van der Waals surface area contributed by atoms with Gasteiger partial charge in [-0.3, -0.25) is 0 Å². The molecule has 0 bridgehead atoms. The Morgan fingerprint density at radius 1 is 1.47 bits per heavy atom. The number of carbonyl (C=O) groups is 1. The molecular weight excluding hydrogens is 300 g/mol. The van der Waals surface area contributed by atoms with Crippen LogP contribution in [-0.2, 0) is 12.8 Å². The molecule has 0 saturated heterocycles. The number of hydrogen-bond donors (Lipinski definition) is 1. The fraction of sp³-hybridized carbons (Fsp3) is 0.615. The summed E-state index contributed by atoms with van der Waals surface area (Å²) in [5, 5.41) is 9.21. The van der Waals surface area contributed by atoms with Crippen LogP contribution in [0.3, 0.4) is 0 Å². The molecule has 0 fully saturated rings. The van der Waals surface area contributed by atoms with Crippen LogP contribution in [0.5, 0.6) is 0 Å². The monoisotopic (exact) mass is 316 g/mol. The summed E-state index contributed by atoms with van der Waals surface area (Å²) in [6.07, 6.45) is 3.02. The lowest BCUT2D eigenvalue weighted by molar-refractivity contribution is 0.0694. The first-order valence-electron chi connectivity index (χ1n) is 5.84. The van der Waals surface area contributed by atoms with Gasteiger partial charge in [0, 0.05) is 4.88 Å². The Hall–Kier alpha value is -0.350. The summed E-state index contributed by atoms with van der Waals surface area (Å²) < 4.78 is 0.782. The zero-order chi connectivity index (χ0) is 12.8. The predicted octanol–water partition coefficient (Wildman–Crippen LogP) is 4.36. The maximum absolute atomic E-state index is 11.2. The van der Waals surface area contributed by atoms with Crippen molar-refractivity contribution in [2.45, 2.75) is 40.0 Å². The summed E-state index contributed by atoms with van der Waals surface area (Å²) in [5.41, 5.74) is 1.87. The molecular formula is C13H17BrO2S. The van der Waals surface area contributed by atoms with Crippen LogP contribution < -0.4 is 0 Å². The smallest absolute Gasteiger partial charge is 0.338 e. The molecule has 1 aliphatic rings. The molecule has 1 aromatic heterocycles. The molecule has 0 aromatic carbocycles. The normalized spacial score (nSPS) is 20.1. The predicted molar refractivity (Wildman–Crippen MR) is 73.9 cm³/mol. The fourth-order valence-corrected chi connectivity index (χ4v) is 4.64. The van der Waals surface area contributed by atoms with Gasteiger partial charge >= 0.3 is 5.97 Å². The van der Waals surface area contributed by atoms with E-state index in [1.807, 2.05) is 0 Å². The summed E-state index contributed by atoms with van der Waals surface area (Å²) in [4.78, 5) is 12.5. The Kier molecular flexibility index (Phi) is 3.38. The van der Waals surface area contributed by atoms with Gasteiger partial charge in [-0.2, -0.15) is 0 Å². The number of fused-ring (bicyclic) bond motifs is 1. The molecule has 0 radical (unpaired) electrons. The molecule has 1 aromatic rings. The molecule has 94 valence electrons. The zero-order valence-corrected chi connectivity index (χ0v) is 12.7. The van der Waals surface area contributed by atoms with Crippen molar-refractivity contribution in [3.8, 4) is 0 Å². The van der Waals surface area contributed by atoms with E-state index in [9.17, 15) is 9.90 Å². The molecule has 4 heteroatoms. The Labute approximate surface area is 114 Å². The van der Waals surface area contributed by atoms with Crippen molar-refractivity contribution in [2.75, 3.05) is 0 Å². The number of thiophene rings is 1. The molecule has 1 aliphatic carbocycles. The molecule has 2 rings (SSSR count). The number of rotatable bonds is 1. The number of carboxylic acids is 1. The minimum atomic E-state index is -0.802. The first kappa shape index (κ1) is 13.1. The molecule has 1 unspecified atom stereocenters. The molecule has 0 aliphatic heterocycles. The first-order chi connectivity index (χ1) is 7.80. The highest BCUT2D eigenvalue weighted by Gasteiger charge is 2.33. The van der Waals surface area contributed by atoms with Crippen molar-refractivity contribution in [2.24, 2.45) is 11.3 Å². The molecule has 0 amide bonds. The Balaban J connectivity index is 2.35. The Bertz CT molecular complexity index is 457. The van der Waals surface area contributed by atoms with Crippen LogP contribution in [0.4, 0.5) is 0 Å². The minimum absolute atomic E-state index is 0.303. The maximum atomic E-state index is 11.2. The molecule has 17 heavy (non-hydrogen) atoms. The van der Waals surface area contributed by atoms with E-state index in [4.69, 9.17) is 0 Å². The van der Waals surface area contributed by atoms with Gasteiger partial charge in [-0.1, -0.05) is 20.8 Å². The lowest BCUT2D eigenvalue weighted by Crippen LogP contribution is -2.26. The van der Waals surface area contributed by atoms with Crippen LogP contribution in [-0.4, -0.2) is 11.1 Å². The van der Waals surface area contributed by atoms with Gasteiger partial charge in [0.25, 0.3) is 0 Å². The van der Waals surface area contributed by atoms with Crippen LogP contribution in [0.1, 0.15) is 48.0 Å². The molecule has 0 saturated carbocycles. The van der Waals surface area contributed by atoms with Crippen molar-refractivity contribution in [1.29, 1.82) is 0 Å². The summed E-state index contributed by atoms with van der Waals surface area (Å²) in [5.74, 6) is -0.147. The second kappa shape index (κ2) is 4.39. The van der Waals surface area contributed by atoms with E-state index in [0.29, 0.717) is 16.9 Å². The van der Waals surface area contributed by atoms with Crippen LogP contribution >= 0.6 is 27.3 Å². The third-order valence-electron chi connectivity index (χ3n) is 3.66. The summed E-state index contributed by atoms with van der Waals surface area (Å²) in [6.45, 7) is 6.80. The quantitative estimate of drug-likeness (QED) is 0.835. The van der Waals surface area contributed by atoms with Crippen molar-refractivity contribution >= 4 is 33.2 Å². The van der Waals surface area contributed by atoms with Gasteiger partial charge in [0.1, 0.15) is 0 Å². The maximum Gasteiger partial charge on any atom is 0.338 e. The molecule has 2 nitrogen and oxygen atoms in total. The standard InChI is InChI=1S/C13H17BrO2S/c1-13(2,3)7-4-5-8-9(6-7)17-11(14)10(8)12(15)16/h7H,4-6H2,1-3H3,(H,15,16). The average Bonchev–Trinajstić information content (AvgIpc) is 2.50. The number of halogens is 1. The van der Waals surface area contributed by atoms with Gasteiger partial charge in [0.15, 0.2) is 0 Å². The van der Waals surface area contributed by atoms with E-state index in [2.05, 4.69) is 36.7 Å². The number of carboxylic acid groups (broad SMARTS) is 1. The van der Waals surface area contributed by atoms with Crippen molar-refractivity contribution in [3.05, 3.63) is 19.8 Å². The first-order valence-corrected chi connectivity index (χ1v) is 7.45. The van der Waals surface area contributed by atoms with E-state index < -0.39 is 5.97 Å². The van der Waals surface area contributed by atoms with E-state index in [1.165, 1.54) is 4.88 Å². The van der Waals surface area contributed by atoms with Crippen molar-refractivity contribution < 1.29 is 9.90 Å². The highest BCUT2D eigenvalue weighted by atomic mass is 79.9. The Morgan fingerprint density at radius 3 is 2.65 bits per heavy atom. The molecule has 1 atom stereocenters. The number of aromatic carboxylic acids is 1. The highest BCUT2D eigenvalue weighted by Crippen LogP contribution is 2.43. The largest absolute Gasteiger partial charge is 0.478 e. The highest BCUT2D eigenvalue weighted by molar-refractivity contribution is 9.11. The summed E-state index contributed by atoms with van der Waals surface area (Å²) in [6, 6.07) is 0. The van der Waals surface area contributed by atoms with Gasteiger partial charge in [-0.25, -0.2) is 4.79 Å². The van der Waals surface area contributed by atoms with E-state index >= 15 is 0 Å². The second-order valence-electron chi connectivity index (χ2n) is 5.76. The van der Waals surface area contributed by atoms with Crippen LogP contribution in [0, 0.1) is 11.3 Å². The van der Waals surface area contributed by atoms with E-state index in [1.54, 1.807) is 11.3 Å². The van der Waals surface area contributed by atoms with E-state index in [0.717, 1.165) is 28.6 Å². The molecule has 1 heterocycles. The second-order valence-corrected chi connectivity index (χ2v) is 8.19. The van der Waals surface area contributed by atoms with Crippen LogP contribution in [0.15, 0.2) is 3.79 Å². The van der Waals surface area contributed by atoms with Crippen molar-refractivity contribution in [1.82, 2.24) is 0 Å². The minimum Gasteiger partial charge on any atom is -0.478 e. The van der Waals surface area contributed by atoms with Gasteiger partial charge in [0.05, 0.1) is 9.35 Å². The van der Waals surface area contributed by atoms with E-state index in [-0.39, 0.29) is 0 Å². The van der Waals surface area contributed by atoms with Gasteiger partial charge in [0.2, 0.25) is 0 Å². The Morgan fingerprint density at radius 2 is 2.12 bits per heavy atom. The zero-order valence-electron chi connectivity index (χ0n) is 10.3. The SMILES string of the molecule is CC(C)(C)C1CCc2c(sc(Br)c2C(=O)O)C1. The number of hydrogen-bond acceptors (Lipinski definition) is 2. The van der Waals surface area contributed by atoms with Crippen LogP contribution in [0.25, 0.3) is 0 Å². The molecule has 1 N–H and O–H groups in total. The molecule has 0 spiro atoms. The third-order valence-corrected chi connectivity index (χ3v) is 5.59. The average molecular weight is 317 g/mol. The van der Waals surface area contributed by atoms with Gasteiger partial charge in [-0.05, 0) is 52.1 Å². The fourth-order valence-electron chi connectivity index (χ4n) is 2.50. The van der Waals surface area contributed by atoms with Gasteiger partial charge in [-0.15, -0.1) is 11.3 Å². The van der Waals surface area contributed by atoms with Gasteiger partial charge < -0.3 is 5.11 Å².